The van der Waals surface area contributed by atoms with E-state index in [2.05, 4.69) is 29.9 Å². The second-order valence-electron chi connectivity index (χ2n) is 3.18. The first-order chi connectivity index (χ1) is 6.92. The van der Waals surface area contributed by atoms with Crippen LogP contribution >= 0.6 is 11.5 Å². The van der Waals surface area contributed by atoms with Gasteiger partial charge in [-0.1, -0.05) is 0 Å². The summed E-state index contributed by atoms with van der Waals surface area (Å²) in [6.45, 7) is 0. The lowest BCUT2D eigenvalue weighted by atomic mass is 10.6. The topological polar surface area (TPSA) is 79.4 Å². The van der Waals surface area contributed by atoms with E-state index in [0.29, 0.717) is 17.7 Å². The summed E-state index contributed by atoms with van der Waals surface area (Å²) in [6.07, 6.45) is 3.92. The largest absolute Gasteiger partial charge is 0.358 e. The number of aromatic amines is 1. The molecule has 1 aliphatic rings. The minimum absolute atomic E-state index is 0.602. The molecular weight excluding hydrogens is 200 g/mol. The number of H-pyrrole nitrogens is 1. The fraction of sp³-hybridized carbons (Fsp3) is 0.429. The van der Waals surface area contributed by atoms with Gasteiger partial charge in [0.05, 0.1) is 0 Å². The maximum atomic E-state index is 4.30. The average Bonchev–Trinajstić information content (AvgIpc) is 2.71. The third-order valence-electron chi connectivity index (χ3n) is 1.96. The van der Waals surface area contributed by atoms with Gasteiger partial charge in [0, 0.05) is 17.6 Å². The molecule has 0 saturated heterocycles. The predicted molar refractivity (Wildman–Crippen MR) is 51.9 cm³/mol. The molecule has 2 heterocycles. The van der Waals surface area contributed by atoms with E-state index in [0.717, 1.165) is 5.13 Å². The Morgan fingerprint density at radius 3 is 3.14 bits per heavy atom. The number of hydrogen-bond acceptors (Lipinski definition) is 6. The minimum Gasteiger partial charge on any atom is -0.358 e. The molecule has 0 spiro atoms. The van der Waals surface area contributed by atoms with Gasteiger partial charge in [0.1, 0.15) is 6.33 Å². The lowest BCUT2D eigenvalue weighted by molar-refractivity contribution is 1.08. The van der Waals surface area contributed by atoms with E-state index < -0.39 is 0 Å². The number of nitrogens with one attached hydrogen (secondary N) is 2. The minimum atomic E-state index is 0.602. The van der Waals surface area contributed by atoms with Crippen molar-refractivity contribution in [2.45, 2.75) is 18.9 Å². The summed E-state index contributed by atoms with van der Waals surface area (Å²) in [5.74, 6) is 1.22. The monoisotopic (exact) mass is 208 g/mol. The Labute approximate surface area is 84.0 Å². The summed E-state index contributed by atoms with van der Waals surface area (Å²) in [7, 11) is 0. The van der Waals surface area contributed by atoms with Crippen molar-refractivity contribution in [3.63, 3.8) is 0 Å². The maximum absolute atomic E-state index is 4.30. The van der Waals surface area contributed by atoms with Gasteiger partial charge in [-0.05, 0) is 12.8 Å². The molecule has 1 saturated carbocycles. The molecule has 0 radical (unpaired) electrons. The lowest BCUT2D eigenvalue weighted by Gasteiger charge is -1.94. The summed E-state index contributed by atoms with van der Waals surface area (Å²) in [4.78, 5) is 8.28. The Morgan fingerprint density at radius 1 is 1.50 bits per heavy atom. The Kier molecular flexibility index (Phi) is 1.69. The van der Waals surface area contributed by atoms with Crippen molar-refractivity contribution in [3.8, 4) is 11.6 Å². The smallest absolute Gasteiger partial charge is 0.212 e. The molecule has 0 aromatic carbocycles. The van der Waals surface area contributed by atoms with E-state index in [1.54, 1.807) is 0 Å². The van der Waals surface area contributed by atoms with Crippen LogP contribution in [0.3, 0.4) is 0 Å². The zero-order chi connectivity index (χ0) is 9.38. The van der Waals surface area contributed by atoms with Crippen LogP contribution in [-0.2, 0) is 0 Å². The molecule has 3 rings (SSSR count). The van der Waals surface area contributed by atoms with Crippen molar-refractivity contribution in [2.24, 2.45) is 0 Å². The van der Waals surface area contributed by atoms with E-state index in [4.69, 9.17) is 0 Å². The van der Waals surface area contributed by atoms with Crippen LogP contribution in [-0.4, -0.2) is 30.6 Å². The van der Waals surface area contributed by atoms with E-state index in [9.17, 15) is 0 Å². The van der Waals surface area contributed by atoms with Crippen LogP contribution in [0.15, 0.2) is 6.33 Å². The SMILES string of the molecule is c1n[nH]c(-c2nsc(NC3CC3)n2)n1. The third-order valence-corrected chi connectivity index (χ3v) is 2.60. The maximum Gasteiger partial charge on any atom is 0.212 e. The molecule has 1 fully saturated rings. The molecule has 0 atom stereocenters. The van der Waals surface area contributed by atoms with Crippen LogP contribution in [0, 0.1) is 0 Å². The molecule has 0 amide bonds. The van der Waals surface area contributed by atoms with Gasteiger partial charge < -0.3 is 5.32 Å². The van der Waals surface area contributed by atoms with Crippen LogP contribution in [0.1, 0.15) is 12.8 Å². The standard InChI is InChI=1S/C7H8N6S/c1-2-4(1)10-7-11-6(13-14-7)5-8-3-9-12-5/h3-4H,1-2H2,(H,8,9,12)(H,10,11,13). The van der Waals surface area contributed by atoms with E-state index in [-0.39, 0.29) is 0 Å². The highest BCUT2D eigenvalue weighted by Crippen LogP contribution is 2.26. The fourth-order valence-corrected chi connectivity index (χ4v) is 1.74. The van der Waals surface area contributed by atoms with Crippen LogP contribution in [0.2, 0.25) is 0 Å². The van der Waals surface area contributed by atoms with Gasteiger partial charge >= 0.3 is 0 Å². The van der Waals surface area contributed by atoms with Gasteiger partial charge in [-0.15, -0.1) is 0 Å². The number of aromatic nitrogens is 5. The van der Waals surface area contributed by atoms with Gasteiger partial charge in [0.25, 0.3) is 0 Å². The molecule has 0 aliphatic heterocycles. The van der Waals surface area contributed by atoms with E-state index >= 15 is 0 Å². The average molecular weight is 208 g/mol. The van der Waals surface area contributed by atoms with Gasteiger partial charge in [-0.25, -0.2) is 4.98 Å². The molecule has 6 nitrogen and oxygen atoms in total. The number of nitrogens with zero attached hydrogens (tertiary/aromatic N) is 4. The Bertz CT molecular complexity index is 417. The number of anilines is 1. The highest BCUT2D eigenvalue weighted by molar-refractivity contribution is 7.09. The summed E-state index contributed by atoms with van der Waals surface area (Å²) >= 11 is 1.36. The van der Waals surface area contributed by atoms with Crippen molar-refractivity contribution in [3.05, 3.63) is 6.33 Å². The highest BCUT2D eigenvalue weighted by atomic mass is 32.1. The third kappa shape index (κ3) is 1.46. The lowest BCUT2D eigenvalue weighted by Crippen LogP contribution is -1.99. The zero-order valence-corrected chi connectivity index (χ0v) is 8.08. The molecule has 2 N–H and O–H groups in total. The summed E-state index contributed by atoms with van der Waals surface area (Å²) in [5, 5.41) is 10.6. The van der Waals surface area contributed by atoms with Gasteiger partial charge in [-0.2, -0.15) is 14.5 Å². The predicted octanol–water partition coefficient (Wildman–Crippen LogP) is 0.897. The van der Waals surface area contributed by atoms with E-state index in [1.807, 2.05) is 0 Å². The molecule has 7 heteroatoms. The molecule has 0 unspecified atom stereocenters. The van der Waals surface area contributed by atoms with Crippen molar-refractivity contribution < 1.29 is 0 Å². The quantitative estimate of drug-likeness (QED) is 0.783. The Hall–Kier alpha value is -1.50. The van der Waals surface area contributed by atoms with Gasteiger partial charge in [-0.3, -0.25) is 5.10 Å². The Morgan fingerprint density at radius 2 is 2.43 bits per heavy atom. The summed E-state index contributed by atoms with van der Waals surface area (Å²) in [6, 6.07) is 0.602. The first-order valence-electron chi connectivity index (χ1n) is 4.38. The zero-order valence-electron chi connectivity index (χ0n) is 7.27. The first kappa shape index (κ1) is 7.86. The molecule has 2 aromatic heterocycles. The molecule has 14 heavy (non-hydrogen) atoms. The summed E-state index contributed by atoms with van der Waals surface area (Å²) in [5.41, 5.74) is 0. The van der Waals surface area contributed by atoms with Crippen molar-refractivity contribution in [2.75, 3.05) is 5.32 Å². The Balaban J connectivity index is 1.82. The second kappa shape index (κ2) is 3.02. The van der Waals surface area contributed by atoms with Crippen molar-refractivity contribution >= 4 is 16.7 Å². The molecule has 2 aromatic rings. The number of rotatable bonds is 3. The highest BCUT2D eigenvalue weighted by Gasteiger charge is 2.22. The van der Waals surface area contributed by atoms with Crippen LogP contribution in [0.4, 0.5) is 5.13 Å². The normalized spacial score (nSPS) is 15.7. The van der Waals surface area contributed by atoms with Gasteiger partial charge in [0.15, 0.2) is 5.82 Å². The van der Waals surface area contributed by atoms with Crippen LogP contribution in [0.25, 0.3) is 11.6 Å². The van der Waals surface area contributed by atoms with Crippen molar-refractivity contribution in [1.29, 1.82) is 0 Å². The van der Waals surface area contributed by atoms with E-state index in [1.165, 1.54) is 30.7 Å². The number of hydrogen-bond donors (Lipinski definition) is 2. The van der Waals surface area contributed by atoms with Crippen molar-refractivity contribution in [1.82, 2.24) is 24.5 Å². The van der Waals surface area contributed by atoms with Crippen LogP contribution < -0.4 is 5.32 Å². The molecule has 72 valence electrons. The van der Waals surface area contributed by atoms with Crippen LogP contribution in [0.5, 0.6) is 0 Å². The molecular formula is C7H8N6S. The molecule has 0 bridgehead atoms. The summed E-state index contributed by atoms with van der Waals surface area (Å²) < 4.78 is 4.17. The fourth-order valence-electron chi connectivity index (χ4n) is 1.09. The molecule has 1 aliphatic carbocycles. The second-order valence-corrected chi connectivity index (χ2v) is 3.93. The first-order valence-corrected chi connectivity index (χ1v) is 5.15. The van der Waals surface area contributed by atoms with Gasteiger partial charge in [0.2, 0.25) is 11.0 Å².